The van der Waals surface area contributed by atoms with Gasteiger partial charge in [-0.1, -0.05) is 0 Å². The molecule has 0 aliphatic carbocycles. The van der Waals surface area contributed by atoms with Gasteiger partial charge in [-0.2, -0.15) is 0 Å². The lowest BCUT2D eigenvalue weighted by molar-refractivity contribution is 0.101. The smallest absolute Gasteiger partial charge is 0.159 e. The van der Waals surface area contributed by atoms with E-state index in [1.165, 1.54) is 12.8 Å². The van der Waals surface area contributed by atoms with Crippen LogP contribution in [0.3, 0.4) is 0 Å². The second-order valence-electron chi connectivity index (χ2n) is 4.93. The Morgan fingerprint density at radius 2 is 2.17 bits per heavy atom. The minimum atomic E-state index is 0.0924. The fraction of sp³-hybridized carbons (Fsp3) is 0.533. The van der Waals surface area contributed by atoms with Crippen molar-refractivity contribution in [3.05, 3.63) is 29.8 Å². The van der Waals surface area contributed by atoms with E-state index in [9.17, 15) is 4.79 Å². The molecular weight excluding hydrogens is 226 g/mol. The molecule has 3 heteroatoms. The molecule has 0 radical (unpaired) electrons. The number of hydrogen-bond acceptors (Lipinski definition) is 3. The number of ether oxygens (including phenoxy) is 1. The van der Waals surface area contributed by atoms with E-state index in [0.717, 1.165) is 43.3 Å². The topological polar surface area (TPSA) is 38.3 Å². The highest BCUT2D eigenvalue weighted by atomic mass is 16.5. The molecule has 1 atom stereocenters. The van der Waals surface area contributed by atoms with E-state index < -0.39 is 0 Å². The Balaban J connectivity index is 1.74. The molecule has 1 aliphatic rings. The van der Waals surface area contributed by atoms with E-state index in [-0.39, 0.29) is 5.78 Å². The average Bonchev–Trinajstić information content (AvgIpc) is 2.40. The molecule has 98 valence electrons. The van der Waals surface area contributed by atoms with Crippen molar-refractivity contribution < 1.29 is 9.53 Å². The number of hydrogen-bond donors (Lipinski definition) is 1. The summed E-state index contributed by atoms with van der Waals surface area (Å²) >= 11 is 0. The third-order valence-electron chi connectivity index (χ3n) is 3.45. The molecule has 1 saturated heterocycles. The van der Waals surface area contributed by atoms with Crippen LogP contribution >= 0.6 is 0 Å². The molecule has 0 spiro atoms. The van der Waals surface area contributed by atoms with Gasteiger partial charge in [0.05, 0.1) is 6.61 Å². The Bertz CT molecular complexity index is 380. The Kier molecular flexibility index (Phi) is 4.76. The van der Waals surface area contributed by atoms with Crippen LogP contribution in [0.15, 0.2) is 24.3 Å². The van der Waals surface area contributed by atoms with Crippen molar-refractivity contribution in [2.24, 2.45) is 5.92 Å². The lowest BCUT2D eigenvalue weighted by atomic mass is 9.97. The summed E-state index contributed by atoms with van der Waals surface area (Å²) in [7, 11) is 0. The third-order valence-corrected chi connectivity index (χ3v) is 3.45. The Morgan fingerprint density at radius 1 is 1.39 bits per heavy atom. The molecule has 1 fully saturated rings. The van der Waals surface area contributed by atoms with Crippen molar-refractivity contribution in [2.45, 2.75) is 26.2 Å². The lowest BCUT2D eigenvalue weighted by Gasteiger charge is -2.22. The summed E-state index contributed by atoms with van der Waals surface area (Å²) in [6, 6.07) is 7.38. The molecule has 1 heterocycles. The SMILES string of the molecule is CC(=O)c1ccc(OCCC2CCCNC2)cc1. The summed E-state index contributed by atoms with van der Waals surface area (Å²) in [4.78, 5) is 11.1. The van der Waals surface area contributed by atoms with Crippen molar-refractivity contribution in [1.29, 1.82) is 0 Å². The minimum absolute atomic E-state index is 0.0924. The fourth-order valence-corrected chi connectivity index (χ4v) is 2.30. The van der Waals surface area contributed by atoms with Crippen LogP contribution in [0.1, 0.15) is 36.5 Å². The van der Waals surface area contributed by atoms with Gasteiger partial charge in [0.1, 0.15) is 5.75 Å². The molecule has 3 nitrogen and oxygen atoms in total. The Labute approximate surface area is 109 Å². The van der Waals surface area contributed by atoms with Gasteiger partial charge < -0.3 is 10.1 Å². The van der Waals surface area contributed by atoms with Gasteiger partial charge >= 0.3 is 0 Å². The summed E-state index contributed by atoms with van der Waals surface area (Å²) in [5.74, 6) is 1.69. The Morgan fingerprint density at radius 3 is 2.78 bits per heavy atom. The van der Waals surface area contributed by atoms with Gasteiger partial charge in [0, 0.05) is 5.56 Å². The maximum absolute atomic E-state index is 11.1. The molecule has 0 amide bonds. The number of rotatable bonds is 5. The molecule has 1 aromatic rings. The second-order valence-corrected chi connectivity index (χ2v) is 4.93. The predicted octanol–water partition coefficient (Wildman–Crippen LogP) is 2.66. The van der Waals surface area contributed by atoms with Crippen molar-refractivity contribution in [3.63, 3.8) is 0 Å². The standard InChI is InChI=1S/C15H21NO2/c1-12(17)14-4-6-15(7-5-14)18-10-8-13-3-2-9-16-11-13/h4-7,13,16H,2-3,8-11H2,1H3. The van der Waals surface area contributed by atoms with Crippen molar-refractivity contribution >= 4 is 5.78 Å². The van der Waals surface area contributed by atoms with Crippen LogP contribution in [-0.4, -0.2) is 25.5 Å². The number of nitrogens with one attached hydrogen (secondary N) is 1. The van der Waals surface area contributed by atoms with Crippen LogP contribution in [0.2, 0.25) is 0 Å². The molecular formula is C15H21NO2. The first kappa shape index (κ1) is 13.1. The summed E-state index contributed by atoms with van der Waals surface area (Å²) in [6.07, 6.45) is 3.68. The van der Waals surface area contributed by atoms with Gasteiger partial charge in [-0.3, -0.25) is 4.79 Å². The van der Waals surface area contributed by atoms with Crippen molar-refractivity contribution in [2.75, 3.05) is 19.7 Å². The van der Waals surface area contributed by atoms with E-state index in [1.54, 1.807) is 6.92 Å². The summed E-state index contributed by atoms with van der Waals surface area (Å²) in [6.45, 7) is 4.61. The molecule has 1 unspecified atom stereocenters. The summed E-state index contributed by atoms with van der Waals surface area (Å²) < 4.78 is 5.70. The normalized spacial score (nSPS) is 19.5. The molecule has 1 aliphatic heterocycles. The second kappa shape index (κ2) is 6.55. The molecule has 1 aromatic carbocycles. The number of piperidine rings is 1. The highest BCUT2D eigenvalue weighted by Gasteiger charge is 2.12. The van der Waals surface area contributed by atoms with Crippen molar-refractivity contribution in [3.8, 4) is 5.75 Å². The zero-order chi connectivity index (χ0) is 12.8. The number of ketones is 1. The first-order valence-electron chi connectivity index (χ1n) is 6.70. The molecule has 0 bridgehead atoms. The number of carbonyl (C=O) groups excluding carboxylic acids is 1. The molecule has 1 N–H and O–H groups in total. The lowest BCUT2D eigenvalue weighted by Crippen LogP contribution is -2.30. The number of carbonyl (C=O) groups is 1. The largest absolute Gasteiger partial charge is 0.494 e. The zero-order valence-corrected chi connectivity index (χ0v) is 10.9. The van der Waals surface area contributed by atoms with Crippen LogP contribution in [-0.2, 0) is 0 Å². The molecule has 0 aromatic heterocycles. The molecule has 18 heavy (non-hydrogen) atoms. The maximum Gasteiger partial charge on any atom is 0.159 e. The number of Topliss-reactive ketones (excluding diaryl/α,β-unsaturated/α-hetero) is 1. The first-order valence-corrected chi connectivity index (χ1v) is 6.70. The minimum Gasteiger partial charge on any atom is -0.494 e. The predicted molar refractivity (Wildman–Crippen MR) is 72.2 cm³/mol. The van der Waals surface area contributed by atoms with Gasteiger partial charge in [-0.05, 0) is 69.5 Å². The van der Waals surface area contributed by atoms with Gasteiger partial charge in [-0.15, -0.1) is 0 Å². The highest BCUT2D eigenvalue weighted by molar-refractivity contribution is 5.94. The van der Waals surface area contributed by atoms with Crippen LogP contribution in [0.4, 0.5) is 0 Å². The first-order chi connectivity index (χ1) is 8.75. The quantitative estimate of drug-likeness (QED) is 0.813. The maximum atomic E-state index is 11.1. The molecule has 2 rings (SSSR count). The van der Waals surface area contributed by atoms with E-state index in [2.05, 4.69) is 5.32 Å². The van der Waals surface area contributed by atoms with Crippen LogP contribution in [0, 0.1) is 5.92 Å². The van der Waals surface area contributed by atoms with E-state index in [1.807, 2.05) is 24.3 Å². The Hall–Kier alpha value is -1.35. The highest BCUT2D eigenvalue weighted by Crippen LogP contribution is 2.16. The molecule has 0 saturated carbocycles. The summed E-state index contributed by atoms with van der Waals surface area (Å²) in [5, 5.41) is 3.41. The third kappa shape index (κ3) is 3.84. The van der Waals surface area contributed by atoms with Gasteiger partial charge in [0.25, 0.3) is 0 Å². The van der Waals surface area contributed by atoms with Crippen LogP contribution in [0.5, 0.6) is 5.75 Å². The van der Waals surface area contributed by atoms with E-state index in [4.69, 9.17) is 4.74 Å². The fourth-order valence-electron chi connectivity index (χ4n) is 2.30. The van der Waals surface area contributed by atoms with Crippen LogP contribution in [0.25, 0.3) is 0 Å². The van der Waals surface area contributed by atoms with E-state index in [0.29, 0.717) is 0 Å². The number of benzene rings is 1. The zero-order valence-electron chi connectivity index (χ0n) is 10.9. The van der Waals surface area contributed by atoms with Gasteiger partial charge in [0.2, 0.25) is 0 Å². The van der Waals surface area contributed by atoms with Gasteiger partial charge in [-0.25, -0.2) is 0 Å². The van der Waals surface area contributed by atoms with Crippen molar-refractivity contribution in [1.82, 2.24) is 5.32 Å². The van der Waals surface area contributed by atoms with Crippen LogP contribution < -0.4 is 10.1 Å². The summed E-state index contributed by atoms with van der Waals surface area (Å²) in [5.41, 5.74) is 0.735. The van der Waals surface area contributed by atoms with E-state index >= 15 is 0 Å². The van der Waals surface area contributed by atoms with Gasteiger partial charge in [0.15, 0.2) is 5.78 Å². The monoisotopic (exact) mass is 247 g/mol. The average molecular weight is 247 g/mol.